The predicted molar refractivity (Wildman–Crippen MR) is 319 cm³/mol. The average molecular weight is 987 g/mol. The van der Waals surface area contributed by atoms with Crippen molar-refractivity contribution in [2.24, 2.45) is 28.6 Å². The van der Waals surface area contributed by atoms with Crippen molar-refractivity contribution in [2.75, 3.05) is 4.90 Å². The summed E-state index contributed by atoms with van der Waals surface area (Å²) >= 11 is 0. The van der Waals surface area contributed by atoms with Gasteiger partial charge in [-0.1, -0.05) is 201 Å². The van der Waals surface area contributed by atoms with Gasteiger partial charge in [-0.05, 0) is 172 Å². The minimum atomic E-state index is 0.0932. The molecular formula is C75H58N2. The summed E-state index contributed by atoms with van der Waals surface area (Å²) < 4.78 is 2.49. The first-order chi connectivity index (χ1) is 38.0. The standard InChI is InChI=1S/C75H58N2/c1-47-38-41-68(62(42-47)59-31-18-23-49-22-17-30-54(71(49)59)48-20-5-3-6-21-48)77(67-37-16-12-29-58(67)61-33-19-32-60-57-28-11-15-36-66(57)76(72(60)61)52-24-7-4-8-25-52)65-35-14-10-26-53(65)50-39-40-56-55-27-9-13-34-63(55)74(64(56)43-50)69-44-51-45-73(2)46-70(74)75(51,69)73/h3-16,18-21,23-43,51,69-70H,17,22,44-46H2,1-2H3/t51?,69?,70?,73-,74?,75?/m0/s1. The van der Waals surface area contributed by atoms with Crippen LogP contribution in [0, 0.1) is 35.5 Å². The monoisotopic (exact) mass is 986 g/mol. The summed E-state index contributed by atoms with van der Waals surface area (Å²) in [5, 5.41) is 2.49. The first kappa shape index (κ1) is 43.7. The quantitative estimate of drug-likeness (QED) is 0.147. The van der Waals surface area contributed by atoms with Crippen LogP contribution in [0.5, 0.6) is 0 Å². The van der Waals surface area contributed by atoms with E-state index in [4.69, 9.17) is 0 Å². The Kier molecular flexibility index (Phi) is 8.98. The Balaban J connectivity index is 0.924. The Morgan fingerprint density at radius 3 is 1.96 bits per heavy atom. The van der Waals surface area contributed by atoms with E-state index in [2.05, 4.69) is 260 Å². The third kappa shape index (κ3) is 5.55. The Morgan fingerprint density at radius 1 is 0.481 bits per heavy atom. The smallest absolute Gasteiger partial charge is 0.0620 e. The Morgan fingerprint density at radius 2 is 1.14 bits per heavy atom. The number of para-hydroxylation sites is 5. The highest BCUT2D eigenvalue weighted by atomic mass is 15.2. The van der Waals surface area contributed by atoms with Crippen molar-refractivity contribution >= 4 is 44.4 Å². The highest BCUT2D eigenvalue weighted by Crippen LogP contribution is 2.98. The Labute approximate surface area is 451 Å². The second kappa shape index (κ2) is 15.8. The Hall–Kier alpha value is -8.46. The minimum Gasteiger partial charge on any atom is -0.309 e. The van der Waals surface area contributed by atoms with E-state index >= 15 is 0 Å². The third-order valence-electron chi connectivity index (χ3n) is 20.5. The molecule has 1 aromatic heterocycles. The predicted octanol–water partition coefficient (Wildman–Crippen LogP) is 19.3. The van der Waals surface area contributed by atoms with Gasteiger partial charge in [-0.25, -0.2) is 0 Å². The van der Waals surface area contributed by atoms with Crippen LogP contribution in [0.1, 0.15) is 66.0 Å². The molecule has 4 fully saturated rings. The SMILES string of the molecule is Cc1ccc(N(c2ccccc2-c2ccc3c(c2)C2(c4ccccc4-3)C3CC4C[C@@]5(C)CC2C435)c2ccccc2-c2cccc3c4ccccc4n(-c4ccccc4)c23)c(-c2cccc3c2C(c2ccccc2)=CCC3)c1. The maximum atomic E-state index is 2.67. The van der Waals surface area contributed by atoms with Crippen LogP contribution in [0.25, 0.3) is 77.6 Å². The molecule has 1 heterocycles. The molecule has 0 amide bonds. The van der Waals surface area contributed by atoms with Gasteiger partial charge in [0.1, 0.15) is 0 Å². The number of fused-ring (bicyclic) bond motifs is 11. The molecule has 11 aromatic rings. The molecule has 0 saturated heterocycles. The molecule has 368 valence electrons. The summed E-state index contributed by atoms with van der Waals surface area (Å²) in [5.41, 5.74) is 28.2. The zero-order valence-electron chi connectivity index (χ0n) is 43.7. The van der Waals surface area contributed by atoms with Crippen molar-refractivity contribution < 1.29 is 0 Å². The van der Waals surface area contributed by atoms with Gasteiger partial charge in [0, 0.05) is 44.1 Å². The van der Waals surface area contributed by atoms with Gasteiger partial charge in [0.2, 0.25) is 0 Å². The van der Waals surface area contributed by atoms with Gasteiger partial charge in [0.15, 0.2) is 0 Å². The van der Waals surface area contributed by atoms with E-state index in [1.165, 1.54) is 113 Å². The number of benzene rings is 10. The molecule has 77 heavy (non-hydrogen) atoms. The van der Waals surface area contributed by atoms with Crippen LogP contribution in [0.4, 0.5) is 17.1 Å². The molecule has 0 bridgehead atoms. The molecule has 2 nitrogen and oxygen atoms in total. The van der Waals surface area contributed by atoms with E-state index in [0.717, 1.165) is 53.3 Å². The number of hydrogen-bond donors (Lipinski definition) is 0. The fraction of sp³-hybridized carbons (Fsp3) is 0.173. The zero-order chi connectivity index (χ0) is 50.8. The highest BCUT2D eigenvalue weighted by Gasteiger charge is 2.94. The lowest BCUT2D eigenvalue weighted by Gasteiger charge is -2.96. The van der Waals surface area contributed by atoms with Gasteiger partial charge in [-0.15, -0.1) is 0 Å². The van der Waals surface area contributed by atoms with Crippen LogP contribution in [0.3, 0.4) is 0 Å². The van der Waals surface area contributed by atoms with Crippen molar-refractivity contribution in [3.05, 3.63) is 270 Å². The number of hydrogen-bond acceptors (Lipinski definition) is 1. The van der Waals surface area contributed by atoms with Gasteiger partial charge in [0.05, 0.1) is 28.1 Å². The molecule has 0 N–H and O–H groups in total. The van der Waals surface area contributed by atoms with Gasteiger partial charge in [-0.3, -0.25) is 0 Å². The molecule has 0 aliphatic heterocycles. The number of aromatic nitrogens is 1. The van der Waals surface area contributed by atoms with E-state index in [9.17, 15) is 0 Å². The molecule has 0 radical (unpaired) electrons. The minimum absolute atomic E-state index is 0.0932. The van der Waals surface area contributed by atoms with Crippen LogP contribution >= 0.6 is 0 Å². The molecule has 10 aromatic carbocycles. The molecule has 5 unspecified atom stereocenters. The van der Waals surface area contributed by atoms with E-state index in [-0.39, 0.29) is 5.41 Å². The summed E-state index contributed by atoms with van der Waals surface area (Å²) in [4.78, 5) is 2.64. The second-order valence-electron chi connectivity index (χ2n) is 23.8. The number of nitrogens with zero attached hydrogens (tertiary/aromatic N) is 2. The number of anilines is 3. The van der Waals surface area contributed by atoms with Crippen LogP contribution < -0.4 is 4.90 Å². The number of rotatable bonds is 8. The Bertz CT molecular complexity index is 4320. The normalized spacial score (nSPS) is 23.6. The molecule has 6 atom stereocenters. The van der Waals surface area contributed by atoms with Crippen molar-refractivity contribution in [3.63, 3.8) is 0 Å². The van der Waals surface area contributed by atoms with Crippen LogP contribution in [0.15, 0.2) is 237 Å². The van der Waals surface area contributed by atoms with Crippen LogP contribution in [0.2, 0.25) is 0 Å². The van der Waals surface area contributed by atoms with Crippen molar-refractivity contribution in [2.45, 2.75) is 51.4 Å². The third-order valence-corrected chi connectivity index (χ3v) is 20.5. The largest absolute Gasteiger partial charge is 0.309 e. The van der Waals surface area contributed by atoms with Crippen molar-refractivity contribution in [1.82, 2.24) is 4.57 Å². The topological polar surface area (TPSA) is 8.17 Å². The maximum Gasteiger partial charge on any atom is 0.0620 e. The number of allylic oxidation sites excluding steroid dienone is 1. The van der Waals surface area contributed by atoms with E-state index in [0.29, 0.717) is 10.8 Å². The lowest BCUT2D eigenvalue weighted by Crippen LogP contribution is -2.92. The maximum absolute atomic E-state index is 2.67. The summed E-state index contributed by atoms with van der Waals surface area (Å²) in [7, 11) is 0. The van der Waals surface area contributed by atoms with Gasteiger partial charge < -0.3 is 9.47 Å². The lowest BCUT2D eigenvalue weighted by molar-refractivity contribution is -0.455. The molecule has 4 saturated carbocycles. The molecule has 2 heteroatoms. The molecule has 6 aliphatic carbocycles. The van der Waals surface area contributed by atoms with E-state index in [1.54, 1.807) is 11.1 Å². The summed E-state index contributed by atoms with van der Waals surface area (Å²) in [6.07, 6.45) is 8.69. The second-order valence-corrected chi connectivity index (χ2v) is 23.8. The summed E-state index contributed by atoms with van der Waals surface area (Å²) in [6, 6.07) is 87.8. The summed E-state index contributed by atoms with van der Waals surface area (Å²) in [5.74, 6) is 2.38. The average Bonchev–Trinajstić information content (AvgIpc) is 1.95. The van der Waals surface area contributed by atoms with E-state index in [1.807, 2.05) is 0 Å². The van der Waals surface area contributed by atoms with Crippen LogP contribution in [-0.4, -0.2) is 4.57 Å². The lowest BCUT2D eigenvalue weighted by atomic mass is 9.07. The molecule has 2 spiro atoms. The first-order valence-electron chi connectivity index (χ1n) is 28.3. The molecular weight excluding hydrogens is 929 g/mol. The molecule has 6 aliphatic rings. The van der Waals surface area contributed by atoms with Gasteiger partial charge in [-0.2, -0.15) is 0 Å². The van der Waals surface area contributed by atoms with E-state index < -0.39 is 0 Å². The van der Waals surface area contributed by atoms with Gasteiger partial charge in [0.25, 0.3) is 0 Å². The van der Waals surface area contributed by atoms with Crippen molar-refractivity contribution in [1.29, 1.82) is 0 Å². The molecule has 17 rings (SSSR count). The zero-order valence-corrected chi connectivity index (χ0v) is 43.7. The van der Waals surface area contributed by atoms with Crippen LogP contribution in [-0.2, 0) is 11.8 Å². The van der Waals surface area contributed by atoms with Crippen molar-refractivity contribution in [3.8, 4) is 50.2 Å². The highest BCUT2D eigenvalue weighted by molar-refractivity contribution is 6.15. The first-order valence-corrected chi connectivity index (χ1v) is 28.3. The number of aryl methyl sites for hydroxylation is 2. The fourth-order valence-electron chi connectivity index (χ4n) is 17.8. The fourth-order valence-corrected chi connectivity index (χ4v) is 17.8. The van der Waals surface area contributed by atoms with Gasteiger partial charge >= 0.3 is 0 Å². The summed E-state index contributed by atoms with van der Waals surface area (Å²) in [6.45, 7) is 4.89.